The lowest BCUT2D eigenvalue weighted by molar-refractivity contribution is -0.132. The number of halogens is 3. The fourth-order valence-electron chi connectivity index (χ4n) is 3.76. The third-order valence-corrected chi connectivity index (χ3v) is 5.71. The summed E-state index contributed by atoms with van der Waals surface area (Å²) >= 11 is 12.1. The van der Waals surface area contributed by atoms with Gasteiger partial charge in [-0.25, -0.2) is 4.39 Å². The van der Waals surface area contributed by atoms with Gasteiger partial charge in [0.1, 0.15) is 5.82 Å². The van der Waals surface area contributed by atoms with Crippen LogP contribution in [0.3, 0.4) is 0 Å². The number of hydrogen-bond acceptors (Lipinski definition) is 2. The van der Waals surface area contributed by atoms with E-state index in [1.807, 2.05) is 24.3 Å². The largest absolute Gasteiger partial charge is 0.341 e. The van der Waals surface area contributed by atoms with Crippen molar-refractivity contribution in [3.05, 3.63) is 69.5 Å². The molecule has 27 heavy (non-hydrogen) atoms. The molecule has 2 aromatic carbocycles. The molecule has 0 aliphatic carbocycles. The molecule has 1 saturated heterocycles. The van der Waals surface area contributed by atoms with Crippen LogP contribution in [0.4, 0.5) is 4.39 Å². The summed E-state index contributed by atoms with van der Waals surface area (Å²) in [5.74, 6) is -0.207. The van der Waals surface area contributed by atoms with Crippen molar-refractivity contribution in [3.63, 3.8) is 0 Å². The van der Waals surface area contributed by atoms with E-state index in [0.717, 1.165) is 37.1 Å². The van der Waals surface area contributed by atoms with Crippen molar-refractivity contribution in [3.8, 4) is 0 Å². The minimum absolute atomic E-state index is 0.0531. The van der Waals surface area contributed by atoms with E-state index in [1.54, 1.807) is 18.0 Å². The summed E-state index contributed by atoms with van der Waals surface area (Å²) in [6, 6.07) is 11.9. The maximum atomic E-state index is 13.4. The number of hydrogen-bond donors (Lipinski definition) is 1. The van der Waals surface area contributed by atoms with Crippen molar-refractivity contribution in [2.75, 3.05) is 20.1 Å². The van der Waals surface area contributed by atoms with Crippen LogP contribution < -0.4 is 5.32 Å². The quantitative estimate of drug-likeness (QED) is 0.769. The van der Waals surface area contributed by atoms with E-state index in [-0.39, 0.29) is 17.1 Å². The van der Waals surface area contributed by atoms with Gasteiger partial charge in [-0.15, -0.1) is 0 Å². The van der Waals surface area contributed by atoms with Crippen LogP contribution in [0.1, 0.15) is 30.4 Å². The zero-order valence-electron chi connectivity index (χ0n) is 15.3. The van der Waals surface area contributed by atoms with E-state index in [4.69, 9.17) is 23.2 Å². The number of benzene rings is 2. The number of rotatable bonds is 5. The molecule has 1 fully saturated rings. The Labute approximate surface area is 169 Å². The summed E-state index contributed by atoms with van der Waals surface area (Å²) in [6.45, 7) is 2.13. The highest BCUT2D eigenvalue weighted by Crippen LogP contribution is 2.37. The Balaban J connectivity index is 1.76. The Bertz CT molecular complexity index is 784. The molecular weight excluding hydrogens is 386 g/mol. The van der Waals surface area contributed by atoms with E-state index in [2.05, 4.69) is 5.32 Å². The molecule has 0 atom stereocenters. The standard InChI is InChI=1S/C21H23Cl2FN2O/c1-26(14-15-10-17(22)12-18(23)11-15)20(27)13-21(6-8-25-9-7-21)16-2-4-19(24)5-3-16/h2-5,10-12,25H,6-9,13-14H2,1H3. The SMILES string of the molecule is CN(Cc1cc(Cl)cc(Cl)c1)C(=O)CC1(c2ccc(F)cc2)CCNCC1. The molecule has 2 aromatic rings. The summed E-state index contributed by atoms with van der Waals surface area (Å²) in [6.07, 6.45) is 2.09. The van der Waals surface area contributed by atoms with Crippen molar-refractivity contribution in [1.82, 2.24) is 10.2 Å². The predicted octanol–water partition coefficient (Wildman–Crippen LogP) is 4.80. The fourth-order valence-corrected chi connectivity index (χ4v) is 4.34. The maximum Gasteiger partial charge on any atom is 0.223 e. The predicted molar refractivity (Wildman–Crippen MR) is 108 cm³/mol. The zero-order chi connectivity index (χ0) is 19.4. The van der Waals surface area contributed by atoms with Gasteiger partial charge in [-0.3, -0.25) is 4.79 Å². The van der Waals surface area contributed by atoms with Gasteiger partial charge in [0, 0.05) is 35.5 Å². The second-order valence-corrected chi connectivity index (χ2v) is 8.11. The van der Waals surface area contributed by atoms with Crippen molar-refractivity contribution >= 4 is 29.1 Å². The van der Waals surface area contributed by atoms with Gasteiger partial charge in [0.2, 0.25) is 5.91 Å². The van der Waals surface area contributed by atoms with E-state index in [1.165, 1.54) is 12.1 Å². The molecule has 0 unspecified atom stereocenters. The summed E-state index contributed by atoms with van der Waals surface area (Å²) in [5.41, 5.74) is 1.65. The Kier molecular flexibility index (Phi) is 6.40. The average Bonchev–Trinajstić information content (AvgIpc) is 2.62. The van der Waals surface area contributed by atoms with Crippen molar-refractivity contribution in [2.45, 2.75) is 31.2 Å². The van der Waals surface area contributed by atoms with Gasteiger partial charge in [-0.05, 0) is 67.4 Å². The topological polar surface area (TPSA) is 32.3 Å². The molecule has 6 heteroatoms. The normalized spacial score (nSPS) is 16.1. The van der Waals surface area contributed by atoms with Crippen LogP contribution in [0.15, 0.2) is 42.5 Å². The molecule has 1 aliphatic heterocycles. The van der Waals surface area contributed by atoms with Crippen molar-refractivity contribution in [1.29, 1.82) is 0 Å². The molecule has 0 spiro atoms. The first kappa shape index (κ1) is 20.1. The first-order valence-electron chi connectivity index (χ1n) is 9.04. The highest BCUT2D eigenvalue weighted by molar-refractivity contribution is 6.34. The van der Waals surface area contributed by atoms with Gasteiger partial charge in [-0.2, -0.15) is 0 Å². The lowest BCUT2D eigenvalue weighted by Crippen LogP contribution is -2.43. The minimum atomic E-state index is -0.268. The summed E-state index contributed by atoms with van der Waals surface area (Å²) in [7, 11) is 1.79. The lowest BCUT2D eigenvalue weighted by atomic mass is 9.70. The Hall–Kier alpha value is -1.62. The molecule has 0 saturated carbocycles. The summed E-state index contributed by atoms with van der Waals surface area (Å²) in [4.78, 5) is 14.7. The van der Waals surface area contributed by atoms with Crippen LogP contribution in [0.5, 0.6) is 0 Å². The Morgan fingerprint density at radius 3 is 2.30 bits per heavy atom. The Morgan fingerprint density at radius 1 is 1.11 bits per heavy atom. The first-order valence-corrected chi connectivity index (χ1v) is 9.79. The van der Waals surface area contributed by atoms with E-state index >= 15 is 0 Å². The van der Waals surface area contributed by atoms with Crippen LogP contribution in [0, 0.1) is 5.82 Å². The van der Waals surface area contributed by atoms with Crippen LogP contribution in [0.2, 0.25) is 10.0 Å². The molecule has 3 rings (SSSR count). The number of carbonyl (C=O) groups excluding carboxylic acids is 1. The molecule has 0 radical (unpaired) electrons. The highest BCUT2D eigenvalue weighted by atomic mass is 35.5. The van der Waals surface area contributed by atoms with Gasteiger partial charge < -0.3 is 10.2 Å². The van der Waals surface area contributed by atoms with Crippen LogP contribution in [-0.2, 0) is 16.8 Å². The minimum Gasteiger partial charge on any atom is -0.341 e. The average molecular weight is 409 g/mol. The highest BCUT2D eigenvalue weighted by Gasteiger charge is 2.36. The maximum absolute atomic E-state index is 13.4. The summed E-state index contributed by atoms with van der Waals surface area (Å²) < 4.78 is 13.4. The molecular formula is C21H23Cl2FN2O. The van der Waals surface area contributed by atoms with Crippen LogP contribution >= 0.6 is 23.2 Å². The molecule has 1 heterocycles. The molecule has 1 N–H and O–H groups in total. The van der Waals surface area contributed by atoms with Gasteiger partial charge >= 0.3 is 0 Å². The number of nitrogens with one attached hydrogen (secondary N) is 1. The summed E-state index contributed by atoms with van der Waals surface area (Å²) in [5, 5.41) is 4.46. The van der Waals surface area contributed by atoms with E-state index in [0.29, 0.717) is 23.0 Å². The molecule has 1 aliphatic rings. The molecule has 1 amide bonds. The van der Waals surface area contributed by atoms with Gasteiger partial charge in [0.15, 0.2) is 0 Å². The number of amides is 1. The molecule has 0 aromatic heterocycles. The van der Waals surface area contributed by atoms with Crippen LogP contribution in [-0.4, -0.2) is 30.9 Å². The number of piperidine rings is 1. The molecule has 0 bridgehead atoms. The smallest absolute Gasteiger partial charge is 0.223 e. The van der Waals surface area contributed by atoms with E-state index < -0.39 is 0 Å². The van der Waals surface area contributed by atoms with E-state index in [9.17, 15) is 9.18 Å². The number of carbonyl (C=O) groups is 1. The Morgan fingerprint density at radius 2 is 1.70 bits per heavy atom. The first-order chi connectivity index (χ1) is 12.9. The third-order valence-electron chi connectivity index (χ3n) is 5.27. The lowest BCUT2D eigenvalue weighted by Gasteiger charge is -2.38. The molecule has 3 nitrogen and oxygen atoms in total. The monoisotopic (exact) mass is 408 g/mol. The molecule has 144 valence electrons. The van der Waals surface area contributed by atoms with Crippen LogP contribution in [0.25, 0.3) is 0 Å². The van der Waals surface area contributed by atoms with Crippen molar-refractivity contribution in [2.24, 2.45) is 0 Å². The second kappa shape index (κ2) is 8.59. The van der Waals surface area contributed by atoms with Gasteiger partial charge in [0.05, 0.1) is 0 Å². The second-order valence-electron chi connectivity index (χ2n) is 7.24. The van der Waals surface area contributed by atoms with Crippen molar-refractivity contribution < 1.29 is 9.18 Å². The zero-order valence-corrected chi connectivity index (χ0v) is 16.8. The third kappa shape index (κ3) is 5.01. The fraction of sp³-hybridized carbons (Fsp3) is 0.381. The number of nitrogens with zero attached hydrogens (tertiary/aromatic N) is 1. The van der Waals surface area contributed by atoms with Gasteiger partial charge in [0.25, 0.3) is 0 Å². The van der Waals surface area contributed by atoms with Gasteiger partial charge in [-0.1, -0.05) is 35.3 Å².